The Hall–Kier alpha value is -3.41. The lowest BCUT2D eigenvalue weighted by atomic mass is 10.1. The summed E-state index contributed by atoms with van der Waals surface area (Å²) in [7, 11) is 0. The maximum atomic E-state index is 12.8. The molecule has 1 atom stereocenters. The van der Waals surface area contributed by atoms with Gasteiger partial charge in [0.25, 0.3) is 5.91 Å². The van der Waals surface area contributed by atoms with E-state index in [-0.39, 0.29) is 17.9 Å². The Bertz CT molecular complexity index is 1030. The summed E-state index contributed by atoms with van der Waals surface area (Å²) in [6, 6.07) is 17.4. The first-order valence-corrected chi connectivity index (χ1v) is 9.93. The number of carbonyl (C=O) groups excluding carboxylic acids is 2. The summed E-state index contributed by atoms with van der Waals surface area (Å²) in [6.45, 7) is 3.15. The highest BCUT2D eigenvalue weighted by atomic mass is 16.2. The molecule has 3 aromatic rings. The summed E-state index contributed by atoms with van der Waals surface area (Å²) in [6.07, 6.45) is 3.17. The van der Waals surface area contributed by atoms with Gasteiger partial charge in [0.05, 0.1) is 0 Å². The van der Waals surface area contributed by atoms with Crippen LogP contribution in [0.2, 0.25) is 0 Å². The van der Waals surface area contributed by atoms with E-state index in [4.69, 9.17) is 0 Å². The number of aromatic nitrogens is 1. The normalized spacial score (nSPS) is 16.0. The molecule has 0 spiro atoms. The highest BCUT2D eigenvalue weighted by molar-refractivity contribution is 5.96. The molecule has 1 unspecified atom stereocenters. The fourth-order valence-corrected chi connectivity index (χ4v) is 3.56. The highest BCUT2D eigenvalue weighted by Gasteiger charge is 2.27. The van der Waals surface area contributed by atoms with Crippen LogP contribution < -0.4 is 10.6 Å². The van der Waals surface area contributed by atoms with Gasteiger partial charge in [-0.1, -0.05) is 31.2 Å². The second kappa shape index (κ2) is 8.31. The lowest BCUT2D eigenvalue weighted by Crippen LogP contribution is -2.31. The van der Waals surface area contributed by atoms with E-state index in [9.17, 15) is 9.59 Å². The Morgan fingerprint density at radius 3 is 2.62 bits per heavy atom. The first-order valence-electron chi connectivity index (χ1n) is 9.93. The predicted molar refractivity (Wildman–Crippen MR) is 115 cm³/mol. The molecule has 2 amide bonds. The van der Waals surface area contributed by atoms with Crippen molar-refractivity contribution < 1.29 is 9.59 Å². The first kappa shape index (κ1) is 18.9. The zero-order chi connectivity index (χ0) is 20.2. The van der Waals surface area contributed by atoms with E-state index in [0.29, 0.717) is 30.8 Å². The Labute approximate surface area is 169 Å². The third-order valence-corrected chi connectivity index (χ3v) is 5.20. The quantitative estimate of drug-likeness (QED) is 0.695. The lowest BCUT2D eigenvalue weighted by molar-refractivity contribution is -0.115. The van der Waals surface area contributed by atoms with Crippen molar-refractivity contribution >= 4 is 34.1 Å². The SMILES string of the molecule is CCC(=O)Nc1ccc(C(=O)N2CCC(Nc3cc4ccccc4cn3)C2)cc1. The summed E-state index contributed by atoms with van der Waals surface area (Å²) in [4.78, 5) is 30.6. The van der Waals surface area contributed by atoms with Crippen LogP contribution in [0, 0.1) is 0 Å². The standard InChI is InChI=1S/C23H24N4O2/c1-2-22(28)26-19-9-7-16(8-10-19)23(29)27-12-11-20(15-27)25-21-13-17-5-3-4-6-18(17)14-24-21/h3-10,13-14,20H,2,11-12,15H2,1H3,(H,24,25)(H,26,28). The Morgan fingerprint density at radius 2 is 1.86 bits per heavy atom. The number of hydrogen-bond acceptors (Lipinski definition) is 4. The molecule has 1 aliphatic rings. The molecule has 0 radical (unpaired) electrons. The van der Waals surface area contributed by atoms with Crippen molar-refractivity contribution in [3.05, 3.63) is 66.4 Å². The van der Waals surface area contributed by atoms with Gasteiger partial charge in [0, 0.05) is 48.4 Å². The number of anilines is 2. The van der Waals surface area contributed by atoms with Gasteiger partial charge in [-0.2, -0.15) is 0 Å². The molecule has 1 saturated heterocycles. The second-order valence-electron chi connectivity index (χ2n) is 7.28. The Kier molecular flexibility index (Phi) is 5.42. The molecule has 1 fully saturated rings. The van der Waals surface area contributed by atoms with E-state index < -0.39 is 0 Å². The largest absolute Gasteiger partial charge is 0.365 e. The minimum atomic E-state index is -0.0418. The van der Waals surface area contributed by atoms with Gasteiger partial charge < -0.3 is 15.5 Å². The van der Waals surface area contributed by atoms with Crippen LogP contribution in [0.25, 0.3) is 10.8 Å². The number of fused-ring (bicyclic) bond motifs is 1. The van der Waals surface area contributed by atoms with Gasteiger partial charge in [-0.25, -0.2) is 4.98 Å². The minimum absolute atomic E-state index is 0.00846. The maximum Gasteiger partial charge on any atom is 0.253 e. The molecule has 6 nitrogen and oxygen atoms in total. The number of rotatable bonds is 5. The monoisotopic (exact) mass is 388 g/mol. The van der Waals surface area contributed by atoms with Gasteiger partial charge >= 0.3 is 0 Å². The van der Waals surface area contributed by atoms with E-state index in [0.717, 1.165) is 23.0 Å². The van der Waals surface area contributed by atoms with Crippen molar-refractivity contribution in [1.29, 1.82) is 0 Å². The van der Waals surface area contributed by atoms with Gasteiger partial charge in [0.15, 0.2) is 0 Å². The molecule has 0 bridgehead atoms. The predicted octanol–water partition coefficient (Wildman–Crippen LogP) is 3.91. The van der Waals surface area contributed by atoms with Crippen LogP contribution in [0.3, 0.4) is 0 Å². The van der Waals surface area contributed by atoms with Gasteiger partial charge in [-0.05, 0) is 42.1 Å². The van der Waals surface area contributed by atoms with E-state index >= 15 is 0 Å². The molecule has 0 aliphatic carbocycles. The molecule has 1 aliphatic heterocycles. The van der Waals surface area contributed by atoms with E-state index in [2.05, 4.69) is 21.7 Å². The van der Waals surface area contributed by atoms with Gasteiger partial charge in [-0.3, -0.25) is 9.59 Å². The number of amides is 2. The van der Waals surface area contributed by atoms with E-state index in [1.165, 1.54) is 0 Å². The molecular formula is C23H24N4O2. The summed E-state index contributed by atoms with van der Waals surface area (Å²) in [5, 5.41) is 8.50. The molecule has 148 valence electrons. The molecule has 2 heterocycles. The molecule has 2 N–H and O–H groups in total. The number of hydrogen-bond donors (Lipinski definition) is 2. The molecule has 0 saturated carbocycles. The Balaban J connectivity index is 1.37. The minimum Gasteiger partial charge on any atom is -0.365 e. The third kappa shape index (κ3) is 4.37. The van der Waals surface area contributed by atoms with E-state index in [1.807, 2.05) is 35.4 Å². The average molecular weight is 388 g/mol. The number of likely N-dealkylation sites (tertiary alicyclic amines) is 1. The van der Waals surface area contributed by atoms with Crippen LogP contribution in [0.1, 0.15) is 30.1 Å². The van der Waals surface area contributed by atoms with Gasteiger partial charge in [-0.15, -0.1) is 0 Å². The first-order chi connectivity index (χ1) is 14.1. The van der Waals surface area contributed by atoms with Crippen LogP contribution in [0.4, 0.5) is 11.5 Å². The van der Waals surface area contributed by atoms with Crippen LogP contribution in [-0.2, 0) is 4.79 Å². The second-order valence-corrected chi connectivity index (χ2v) is 7.28. The van der Waals surface area contributed by atoms with Crippen LogP contribution in [0.5, 0.6) is 0 Å². The molecule has 4 rings (SSSR count). The lowest BCUT2D eigenvalue weighted by Gasteiger charge is -2.18. The third-order valence-electron chi connectivity index (χ3n) is 5.20. The van der Waals surface area contributed by atoms with Crippen molar-refractivity contribution in [1.82, 2.24) is 9.88 Å². The number of benzene rings is 2. The molecular weight excluding hydrogens is 364 g/mol. The molecule has 6 heteroatoms. The summed E-state index contributed by atoms with van der Waals surface area (Å²) in [5.41, 5.74) is 1.33. The average Bonchev–Trinajstić information content (AvgIpc) is 3.22. The zero-order valence-electron chi connectivity index (χ0n) is 16.4. The van der Waals surface area contributed by atoms with Gasteiger partial charge in [0.1, 0.15) is 5.82 Å². The fraction of sp³-hybridized carbons (Fsp3) is 0.261. The van der Waals surface area contributed by atoms with Crippen molar-refractivity contribution in [2.45, 2.75) is 25.8 Å². The maximum absolute atomic E-state index is 12.8. The summed E-state index contributed by atoms with van der Waals surface area (Å²) in [5.74, 6) is 0.799. The van der Waals surface area contributed by atoms with Crippen LogP contribution in [-0.4, -0.2) is 40.8 Å². The summed E-state index contributed by atoms with van der Waals surface area (Å²) < 4.78 is 0. The Morgan fingerprint density at radius 1 is 1.10 bits per heavy atom. The highest BCUT2D eigenvalue weighted by Crippen LogP contribution is 2.21. The van der Waals surface area contributed by atoms with E-state index in [1.54, 1.807) is 31.2 Å². The van der Waals surface area contributed by atoms with Crippen molar-refractivity contribution in [2.75, 3.05) is 23.7 Å². The number of nitrogens with zero attached hydrogens (tertiary/aromatic N) is 2. The van der Waals surface area contributed by atoms with Crippen LogP contribution in [0.15, 0.2) is 60.8 Å². The van der Waals surface area contributed by atoms with Crippen molar-refractivity contribution in [3.8, 4) is 0 Å². The molecule has 1 aromatic heterocycles. The fourth-order valence-electron chi connectivity index (χ4n) is 3.56. The number of pyridine rings is 1. The summed E-state index contributed by atoms with van der Waals surface area (Å²) >= 11 is 0. The number of carbonyl (C=O) groups is 2. The van der Waals surface area contributed by atoms with Gasteiger partial charge in [0.2, 0.25) is 5.91 Å². The van der Waals surface area contributed by atoms with Crippen molar-refractivity contribution in [2.24, 2.45) is 0 Å². The van der Waals surface area contributed by atoms with Crippen LogP contribution >= 0.6 is 0 Å². The zero-order valence-corrected chi connectivity index (χ0v) is 16.4. The number of nitrogens with one attached hydrogen (secondary N) is 2. The smallest absolute Gasteiger partial charge is 0.253 e. The molecule has 29 heavy (non-hydrogen) atoms. The van der Waals surface area contributed by atoms with Crippen molar-refractivity contribution in [3.63, 3.8) is 0 Å². The molecule has 2 aromatic carbocycles. The topological polar surface area (TPSA) is 74.3 Å².